The maximum Gasteiger partial charge on any atom is 0.334 e. The Kier molecular flexibility index (Phi) is 5.14. The Labute approximate surface area is 152 Å². The van der Waals surface area contributed by atoms with Crippen molar-refractivity contribution in [3.05, 3.63) is 35.5 Å². The summed E-state index contributed by atoms with van der Waals surface area (Å²) in [4.78, 5) is 35.0. The van der Waals surface area contributed by atoms with Crippen LogP contribution in [0.25, 0.3) is 0 Å². The van der Waals surface area contributed by atoms with Crippen molar-refractivity contribution in [1.29, 1.82) is 0 Å². The molecule has 4 unspecified atom stereocenters. The second kappa shape index (κ2) is 7.19. The monoisotopic (exact) mass is 360 g/mol. The SMILES string of the molecule is C=C1C(=O)OC2CC(C=O)=CCCC3(COC(=O)C=C(C)C)OC3CC12. The average molecular weight is 360 g/mol. The molecule has 0 saturated carbocycles. The second-order valence-electron chi connectivity index (χ2n) is 7.45. The number of hydrogen-bond donors (Lipinski definition) is 0. The van der Waals surface area contributed by atoms with Gasteiger partial charge in [0.1, 0.15) is 24.6 Å². The van der Waals surface area contributed by atoms with E-state index in [1.807, 2.05) is 19.9 Å². The molecule has 0 amide bonds. The Bertz CT molecular complexity index is 699. The van der Waals surface area contributed by atoms with Gasteiger partial charge in [0, 0.05) is 24.0 Å². The van der Waals surface area contributed by atoms with E-state index in [9.17, 15) is 14.4 Å². The minimum absolute atomic E-state index is 0.119. The number of ether oxygens (including phenoxy) is 3. The lowest BCUT2D eigenvalue weighted by Crippen LogP contribution is -2.28. The van der Waals surface area contributed by atoms with Crippen LogP contribution in [0.3, 0.4) is 0 Å². The molecule has 26 heavy (non-hydrogen) atoms. The molecule has 2 heterocycles. The third-order valence-corrected chi connectivity index (χ3v) is 5.22. The predicted molar refractivity (Wildman–Crippen MR) is 93.1 cm³/mol. The molecule has 0 aromatic heterocycles. The number of fused-ring (bicyclic) bond motifs is 2. The first-order valence-corrected chi connectivity index (χ1v) is 8.88. The Balaban J connectivity index is 1.75. The summed E-state index contributed by atoms with van der Waals surface area (Å²) in [6.45, 7) is 7.66. The minimum atomic E-state index is -0.566. The summed E-state index contributed by atoms with van der Waals surface area (Å²) in [6, 6.07) is 0. The number of epoxide rings is 1. The van der Waals surface area contributed by atoms with Crippen molar-refractivity contribution in [2.75, 3.05) is 6.61 Å². The molecule has 0 bridgehead atoms. The van der Waals surface area contributed by atoms with Gasteiger partial charge < -0.3 is 14.2 Å². The lowest BCUT2D eigenvalue weighted by Gasteiger charge is -2.20. The van der Waals surface area contributed by atoms with Crippen molar-refractivity contribution >= 4 is 18.2 Å². The van der Waals surface area contributed by atoms with Gasteiger partial charge in [0.2, 0.25) is 0 Å². The van der Waals surface area contributed by atoms with E-state index < -0.39 is 17.5 Å². The van der Waals surface area contributed by atoms with E-state index in [1.165, 1.54) is 6.08 Å². The fourth-order valence-electron chi connectivity index (χ4n) is 3.70. The largest absolute Gasteiger partial charge is 0.459 e. The summed E-state index contributed by atoms with van der Waals surface area (Å²) in [5.41, 5.74) is 1.33. The Morgan fingerprint density at radius 3 is 2.92 bits per heavy atom. The minimum Gasteiger partial charge on any atom is -0.459 e. The number of carbonyl (C=O) groups excluding carboxylic acids is 3. The third-order valence-electron chi connectivity index (χ3n) is 5.22. The zero-order chi connectivity index (χ0) is 18.9. The molecule has 2 saturated heterocycles. The molecule has 3 rings (SSSR count). The highest BCUT2D eigenvalue weighted by atomic mass is 16.6. The summed E-state index contributed by atoms with van der Waals surface area (Å²) in [7, 11) is 0. The first-order valence-electron chi connectivity index (χ1n) is 8.88. The van der Waals surface area contributed by atoms with Crippen LogP contribution < -0.4 is 0 Å². The third kappa shape index (κ3) is 3.80. The van der Waals surface area contributed by atoms with Gasteiger partial charge in [-0.1, -0.05) is 18.2 Å². The van der Waals surface area contributed by atoms with Crippen LogP contribution >= 0.6 is 0 Å². The molecule has 0 aromatic rings. The van der Waals surface area contributed by atoms with Crippen molar-refractivity contribution in [1.82, 2.24) is 0 Å². The Morgan fingerprint density at radius 2 is 2.23 bits per heavy atom. The van der Waals surface area contributed by atoms with E-state index in [4.69, 9.17) is 14.2 Å². The zero-order valence-corrected chi connectivity index (χ0v) is 15.2. The maximum absolute atomic E-state index is 11.9. The Hall–Kier alpha value is -2.21. The first kappa shape index (κ1) is 18.6. The van der Waals surface area contributed by atoms with E-state index in [-0.39, 0.29) is 24.7 Å². The fourth-order valence-corrected chi connectivity index (χ4v) is 3.70. The van der Waals surface area contributed by atoms with E-state index in [2.05, 4.69) is 6.58 Å². The summed E-state index contributed by atoms with van der Waals surface area (Å²) in [5, 5.41) is 0. The summed E-state index contributed by atoms with van der Waals surface area (Å²) in [6.07, 6.45) is 5.85. The molecule has 0 aromatic carbocycles. The molecule has 6 nitrogen and oxygen atoms in total. The topological polar surface area (TPSA) is 82.2 Å². The maximum atomic E-state index is 11.9. The number of allylic oxidation sites excluding steroid dienone is 2. The van der Waals surface area contributed by atoms with Crippen molar-refractivity contribution in [3.63, 3.8) is 0 Å². The summed E-state index contributed by atoms with van der Waals surface area (Å²) >= 11 is 0. The smallest absolute Gasteiger partial charge is 0.334 e. The molecular weight excluding hydrogens is 336 g/mol. The van der Waals surface area contributed by atoms with Crippen LogP contribution in [0.15, 0.2) is 35.5 Å². The molecule has 3 aliphatic rings. The van der Waals surface area contributed by atoms with Crippen LogP contribution in [0.2, 0.25) is 0 Å². The van der Waals surface area contributed by atoms with Gasteiger partial charge in [0.25, 0.3) is 0 Å². The summed E-state index contributed by atoms with van der Waals surface area (Å²) in [5.74, 6) is -0.994. The molecule has 0 spiro atoms. The average Bonchev–Trinajstić information content (AvgIpc) is 3.20. The van der Waals surface area contributed by atoms with E-state index in [0.29, 0.717) is 36.8 Å². The first-order chi connectivity index (χ1) is 12.3. The highest BCUT2D eigenvalue weighted by Crippen LogP contribution is 2.48. The number of hydrogen-bond acceptors (Lipinski definition) is 6. The van der Waals surface area contributed by atoms with Crippen molar-refractivity contribution in [3.8, 4) is 0 Å². The van der Waals surface area contributed by atoms with Gasteiger partial charge in [-0.2, -0.15) is 0 Å². The molecule has 2 aliphatic heterocycles. The number of esters is 2. The Morgan fingerprint density at radius 1 is 1.46 bits per heavy atom. The van der Waals surface area contributed by atoms with Crippen LogP contribution in [0, 0.1) is 5.92 Å². The van der Waals surface area contributed by atoms with Crippen molar-refractivity contribution in [2.24, 2.45) is 5.92 Å². The van der Waals surface area contributed by atoms with Gasteiger partial charge in [-0.25, -0.2) is 9.59 Å². The quantitative estimate of drug-likeness (QED) is 0.331. The van der Waals surface area contributed by atoms with Gasteiger partial charge in [-0.05, 0) is 38.7 Å². The van der Waals surface area contributed by atoms with Crippen LogP contribution in [-0.2, 0) is 28.6 Å². The predicted octanol–water partition coefficient (Wildman–Crippen LogP) is 2.43. The number of aldehydes is 1. The molecule has 1 aliphatic carbocycles. The normalized spacial score (nSPS) is 33.2. The van der Waals surface area contributed by atoms with Crippen molar-refractivity contribution < 1.29 is 28.6 Å². The van der Waals surface area contributed by atoms with Crippen LogP contribution in [0.5, 0.6) is 0 Å². The second-order valence-corrected chi connectivity index (χ2v) is 7.45. The van der Waals surface area contributed by atoms with Gasteiger partial charge in [-0.15, -0.1) is 0 Å². The van der Waals surface area contributed by atoms with E-state index >= 15 is 0 Å². The zero-order valence-electron chi connectivity index (χ0n) is 15.2. The lowest BCUT2D eigenvalue weighted by atomic mass is 9.84. The van der Waals surface area contributed by atoms with Gasteiger partial charge >= 0.3 is 11.9 Å². The van der Waals surface area contributed by atoms with E-state index in [0.717, 1.165) is 11.9 Å². The summed E-state index contributed by atoms with van der Waals surface area (Å²) < 4.78 is 16.7. The molecule has 140 valence electrons. The number of carbonyl (C=O) groups is 3. The van der Waals surface area contributed by atoms with Crippen LogP contribution in [0.1, 0.15) is 39.5 Å². The fraction of sp³-hybridized carbons (Fsp3) is 0.550. The highest BCUT2D eigenvalue weighted by molar-refractivity contribution is 5.91. The van der Waals surface area contributed by atoms with Gasteiger partial charge in [0.05, 0.1) is 6.10 Å². The lowest BCUT2D eigenvalue weighted by molar-refractivity contribution is -0.140. The standard InChI is InChI=1S/C20H24O6/c1-12(2)7-18(22)24-11-20-6-4-5-14(10-21)8-16-15(9-17(20)26-20)13(3)19(23)25-16/h5,7,10,15-17H,3-4,6,8-9,11H2,1-2H3. The van der Waals surface area contributed by atoms with Crippen molar-refractivity contribution in [2.45, 2.75) is 57.3 Å². The highest BCUT2D eigenvalue weighted by Gasteiger charge is 2.59. The molecule has 0 N–H and O–H groups in total. The van der Waals surface area contributed by atoms with Crippen LogP contribution in [0.4, 0.5) is 0 Å². The molecule has 4 atom stereocenters. The molecular formula is C20H24O6. The number of rotatable bonds is 4. The van der Waals surface area contributed by atoms with Gasteiger partial charge in [0.15, 0.2) is 0 Å². The van der Waals surface area contributed by atoms with E-state index in [1.54, 1.807) is 0 Å². The molecule has 2 fully saturated rings. The van der Waals surface area contributed by atoms with Crippen LogP contribution in [-0.4, -0.2) is 42.6 Å². The molecule has 0 radical (unpaired) electrons. The van der Waals surface area contributed by atoms with Gasteiger partial charge in [-0.3, -0.25) is 4.79 Å². The molecule has 6 heteroatoms.